The second-order valence-corrected chi connectivity index (χ2v) is 4.31. The lowest BCUT2D eigenvalue weighted by atomic mass is 10.1. The van der Waals surface area contributed by atoms with Crippen LogP contribution in [0.2, 0.25) is 0 Å². The molecule has 0 saturated heterocycles. The maximum absolute atomic E-state index is 11.8. The molecular weight excluding hydrogens is 226 g/mol. The van der Waals surface area contributed by atoms with Crippen molar-refractivity contribution in [1.82, 2.24) is 20.3 Å². The van der Waals surface area contributed by atoms with Crippen LogP contribution < -0.4 is 11.1 Å². The van der Waals surface area contributed by atoms with E-state index in [0.29, 0.717) is 18.1 Å². The van der Waals surface area contributed by atoms with E-state index < -0.39 is 5.41 Å². The molecule has 0 atom stereocenters. The number of carbonyl (C=O) groups excluding carboxylic acids is 1. The number of aromatic nitrogens is 3. The van der Waals surface area contributed by atoms with Crippen LogP contribution in [0.1, 0.15) is 12.8 Å². The molecule has 7 heteroatoms. The van der Waals surface area contributed by atoms with Crippen LogP contribution >= 0.6 is 12.2 Å². The molecule has 1 fully saturated rings. The van der Waals surface area contributed by atoms with Gasteiger partial charge in [-0.25, -0.2) is 0 Å². The Bertz CT molecular complexity index is 398. The van der Waals surface area contributed by atoms with Gasteiger partial charge in [0.2, 0.25) is 5.91 Å². The van der Waals surface area contributed by atoms with Gasteiger partial charge < -0.3 is 11.1 Å². The zero-order valence-corrected chi connectivity index (χ0v) is 9.54. The van der Waals surface area contributed by atoms with Gasteiger partial charge in [0.05, 0.1) is 23.1 Å². The predicted octanol–water partition coefficient (Wildman–Crippen LogP) is -0.539. The van der Waals surface area contributed by atoms with Gasteiger partial charge in [0.15, 0.2) is 0 Å². The first-order valence-electron chi connectivity index (χ1n) is 5.07. The molecule has 0 aromatic carbocycles. The van der Waals surface area contributed by atoms with Crippen LogP contribution in [-0.4, -0.2) is 32.4 Å². The van der Waals surface area contributed by atoms with Crippen LogP contribution in [-0.2, 0) is 11.3 Å². The number of nitrogens with one attached hydrogen (secondary N) is 1. The third kappa shape index (κ3) is 2.04. The molecule has 3 N–H and O–H groups in total. The molecule has 1 aromatic heterocycles. The van der Waals surface area contributed by atoms with Gasteiger partial charge in [-0.15, -0.1) is 5.10 Å². The number of nitrogens with two attached hydrogens (primary N) is 1. The van der Waals surface area contributed by atoms with Gasteiger partial charge in [-0.3, -0.25) is 9.48 Å². The standard InChI is InChI=1S/C9H13N5OS/c10-7(16)9(1-2-9)8(15)11-3-5-14-6-4-12-13-14/h4,6H,1-3,5H2,(H2,10,16)(H,11,15). The van der Waals surface area contributed by atoms with Crippen molar-refractivity contribution >= 4 is 23.1 Å². The molecule has 1 aliphatic carbocycles. The topological polar surface area (TPSA) is 85.8 Å². The number of carbonyl (C=O) groups is 1. The molecule has 0 radical (unpaired) electrons. The summed E-state index contributed by atoms with van der Waals surface area (Å²) < 4.78 is 1.65. The monoisotopic (exact) mass is 239 g/mol. The van der Waals surface area contributed by atoms with Gasteiger partial charge in [0, 0.05) is 12.7 Å². The Labute approximate surface area is 98.2 Å². The van der Waals surface area contributed by atoms with Crippen LogP contribution in [0.3, 0.4) is 0 Å². The number of rotatable bonds is 5. The lowest BCUT2D eigenvalue weighted by Gasteiger charge is -2.13. The minimum Gasteiger partial charge on any atom is -0.392 e. The third-order valence-corrected chi connectivity index (χ3v) is 3.15. The third-order valence-electron chi connectivity index (χ3n) is 2.75. The van der Waals surface area contributed by atoms with E-state index in [2.05, 4.69) is 15.6 Å². The lowest BCUT2D eigenvalue weighted by molar-refractivity contribution is -0.124. The Kier molecular flexibility index (Phi) is 2.86. The summed E-state index contributed by atoms with van der Waals surface area (Å²) in [6.07, 6.45) is 4.86. The Balaban J connectivity index is 1.79. The molecule has 6 nitrogen and oxygen atoms in total. The minimum absolute atomic E-state index is 0.0693. The van der Waals surface area contributed by atoms with E-state index in [0.717, 1.165) is 12.8 Å². The Morgan fingerprint density at radius 3 is 2.88 bits per heavy atom. The Morgan fingerprint density at radius 1 is 1.62 bits per heavy atom. The van der Waals surface area contributed by atoms with Crippen molar-refractivity contribution in [2.24, 2.45) is 11.1 Å². The van der Waals surface area contributed by atoms with Gasteiger partial charge in [0.1, 0.15) is 0 Å². The fourth-order valence-electron chi connectivity index (χ4n) is 1.52. The average molecular weight is 239 g/mol. The minimum atomic E-state index is -0.572. The van der Waals surface area contributed by atoms with Crippen LogP contribution in [0.5, 0.6) is 0 Å². The van der Waals surface area contributed by atoms with Crippen molar-refractivity contribution in [3.05, 3.63) is 12.4 Å². The molecule has 86 valence electrons. The van der Waals surface area contributed by atoms with Crippen molar-refractivity contribution in [3.8, 4) is 0 Å². The zero-order chi connectivity index (χ0) is 11.6. The van der Waals surface area contributed by atoms with E-state index in [1.165, 1.54) is 0 Å². The largest absolute Gasteiger partial charge is 0.392 e. The van der Waals surface area contributed by atoms with Crippen molar-refractivity contribution < 1.29 is 4.79 Å². The van der Waals surface area contributed by atoms with E-state index in [-0.39, 0.29) is 5.91 Å². The number of nitrogens with zero attached hydrogens (tertiary/aromatic N) is 3. The summed E-state index contributed by atoms with van der Waals surface area (Å²) in [4.78, 5) is 12.1. The summed E-state index contributed by atoms with van der Waals surface area (Å²) in [7, 11) is 0. The molecule has 2 rings (SSSR count). The van der Waals surface area contributed by atoms with Gasteiger partial charge in [-0.1, -0.05) is 17.4 Å². The van der Waals surface area contributed by atoms with Gasteiger partial charge >= 0.3 is 0 Å². The highest BCUT2D eigenvalue weighted by molar-refractivity contribution is 7.80. The Hall–Kier alpha value is -1.50. The van der Waals surface area contributed by atoms with Gasteiger partial charge in [-0.05, 0) is 12.8 Å². The molecule has 0 aliphatic heterocycles. The average Bonchev–Trinajstić information content (AvgIpc) is 2.92. The molecule has 1 aromatic rings. The predicted molar refractivity (Wildman–Crippen MR) is 61.5 cm³/mol. The van der Waals surface area contributed by atoms with Crippen molar-refractivity contribution in [1.29, 1.82) is 0 Å². The second kappa shape index (κ2) is 4.17. The van der Waals surface area contributed by atoms with Crippen LogP contribution in [0, 0.1) is 5.41 Å². The zero-order valence-electron chi connectivity index (χ0n) is 8.72. The molecule has 16 heavy (non-hydrogen) atoms. The maximum atomic E-state index is 11.8. The summed E-state index contributed by atoms with van der Waals surface area (Å²) in [5.74, 6) is -0.0693. The second-order valence-electron chi connectivity index (χ2n) is 3.87. The number of thiocarbonyl (C=S) groups is 1. The van der Waals surface area contributed by atoms with E-state index in [1.54, 1.807) is 17.1 Å². The van der Waals surface area contributed by atoms with Crippen LogP contribution in [0.15, 0.2) is 12.4 Å². The highest BCUT2D eigenvalue weighted by atomic mass is 32.1. The number of amides is 1. The normalized spacial score (nSPS) is 16.8. The maximum Gasteiger partial charge on any atom is 0.233 e. The highest BCUT2D eigenvalue weighted by Crippen LogP contribution is 2.46. The van der Waals surface area contributed by atoms with E-state index >= 15 is 0 Å². The first-order valence-corrected chi connectivity index (χ1v) is 5.48. The summed E-state index contributed by atoms with van der Waals surface area (Å²) >= 11 is 4.89. The van der Waals surface area contributed by atoms with Crippen molar-refractivity contribution in [3.63, 3.8) is 0 Å². The first kappa shape index (κ1) is 11.0. The molecule has 1 saturated carbocycles. The number of hydrogen-bond donors (Lipinski definition) is 2. The lowest BCUT2D eigenvalue weighted by Crippen LogP contribution is -2.40. The molecule has 0 spiro atoms. The SMILES string of the molecule is NC(=S)C1(C(=O)NCCn2ccnn2)CC1. The first-order chi connectivity index (χ1) is 7.65. The summed E-state index contributed by atoms with van der Waals surface area (Å²) in [5.41, 5.74) is 4.97. The highest BCUT2D eigenvalue weighted by Gasteiger charge is 2.52. The molecule has 1 aliphatic rings. The van der Waals surface area contributed by atoms with Gasteiger partial charge in [0.25, 0.3) is 0 Å². The Morgan fingerprint density at radius 2 is 2.38 bits per heavy atom. The molecule has 0 unspecified atom stereocenters. The summed E-state index contributed by atoms with van der Waals surface area (Å²) in [6.45, 7) is 1.10. The van der Waals surface area contributed by atoms with Crippen LogP contribution in [0.4, 0.5) is 0 Å². The van der Waals surface area contributed by atoms with E-state index in [9.17, 15) is 4.79 Å². The summed E-state index contributed by atoms with van der Waals surface area (Å²) in [5, 5.41) is 10.3. The molecule has 0 bridgehead atoms. The number of hydrogen-bond acceptors (Lipinski definition) is 4. The quantitative estimate of drug-likeness (QED) is 0.674. The fraction of sp³-hybridized carbons (Fsp3) is 0.556. The fourth-order valence-corrected chi connectivity index (χ4v) is 1.81. The molecule has 1 amide bonds. The van der Waals surface area contributed by atoms with Crippen LogP contribution in [0.25, 0.3) is 0 Å². The smallest absolute Gasteiger partial charge is 0.233 e. The van der Waals surface area contributed by atoms with Gasteiger partial charge in [-0.2, -0.15) is 0 Å². The van der Waals surface area contributed by atoms with Crippen molar-refractivity contribution in [2.75, 3.05) is 6.54 Å². The summed E-state index contributed by atoms with van der Waals surface area (Å²) in [6, 6.07) is 0. The van der Waals surface area contributed by atoms with E-state index in [4.69, 9.17) is 18.0 Å². The molecular formula is C9H13N5OS. The van der Waals surface area contributed by atoms with E-state index in [1.807, 2.05) is 0 Å². The molecule has 1 heterocycles. The van der Waals surface area contributed by atoms with Crippen molar-refractivity contribution in [2.45, 2.75) is 19.4 Å².